The molecule has 156 valence electrons. The van der Waals surface area contributed by atoms with Gasteiger partial charge in [0.15, 0.2) is 0 Å². The van der Waals surface area contributed by atoms with Crippen LogP contribution in [0.3, 0.4) is 0 Å². The van der Waals surface area contributed by atoms with Gasteiger partial charge in [-0.1, -0.05) is 40.2 Å². The topological polar surface area (TPSA) is 61.5 Å². The van der Waals surface area contributed by atoms with Crippen molar-refractivity contribution in [2.45, 2.75) is 13.3 Å². The summed E-state index contributed by atoms with van der Waals surface area (Å²) in [5.41, 5.74) is 3.62. The second-order valence-corrected chi connectivity index (χ2v) is 8.32. The molecule has 1 fully saturated rings. The number of hydrogen-bond donors (Lipinski definition) is 1. The van der Waals surface area contributed by atoms with Crippen molar-refractivity contribution in [3.05, 3.63) is 80.2 Å². The summed E-state index contributed by atoms with van der Waals surface area (Å²) in [6.45, 7) is 5.16. The van der Waals surface area contributed by atoms with Crippen LogP contribution in [0.1, 0.15) is 16.8 Å². The van der Waals surface area contributed by atoms with Crippen molar-refractivity contribution in [2.75, 3.05) is 43.1 Å². The molecule has 6 nitrogen and oxygen atoms in total. The molecular formula is C23H25BrN4O2. The summed E-state index contributed by atoms with van der Waals surface area (Å²) in [5, 5.41) is 0. The maximum Gasteiger partial charge on any atom is 0.256 e. The third kappa shape index (κ3) is 4.36. The molecule has 0 unspecified atom stereocenters. The Bertz CT molecular complexity index is 1070. The number of ether oxygens (including phenoxy) is 1. The quantitative estimate of drug-likeness (QED) is 0.617. The fourth-order valence-electron chi connectivity index (χ4n) is 3.81. The Morgan fingerprint density at radius 3 is 2.37 bits per heavy atom. The van der Waals surface area contributed by atoms with E-state index in [0.717, 1.165) is 53.3 Å². The van der Waals surface area contributed by atoms with E-state index in [4.69, 9.17) is 9.72 Å². The van der Waals surface area contributed by atoms with Crippen LogP contribution >= 0.6 is 15.9 Å². The highest BCUT2D eigenvalue weighted by Crippen LogP contribution is 2.28. The van der Waals surface area contributed by atoms with Crippen molar-refractivity contribution >= 4 is 27.6 Å². The minimum atomic E-state index is -0.0624. The van der Waals surface area contributed by atoms with Gasteiger partial charge < -0.3 is 14.5 Å². The highest BCUT2D eigenvalue weighted by molar-refractivity contribution is 9.10. The molecule has 1 aromatic heterocycles. The summed E-state index contributed by atoms with van der Waals surface area (Å²) >= 11 is 3.44. The summed E-state index contributed by atoms with van der Waals surface area (Å²) in [7, 11) is 1.70. The Morgan fingerprint density at radius 1 is 1.03 bits per heavy atom. The van der Waals surface area contributed by atoms with E-state index in [1.807, 2.05) is 49.4 Å². The van der Waals surface area contributed by atoms with Crippen LogP contribution in [0, 0.1) is 6.92 Å². The molecule has 2 heterocycles. The predicted octanol–water partition coefficient (Wildman–Crippen LogP) is 3.77. The van der Waals surface area contributed by atoms with E-state index in [1.165, 1.54) is 0 Å². The van der Waals surface area contributed by atoms with E-state index in [2.05, 4.69) is 36.8 Å². The molecule has 4 rings (SSSR count). The van der Waals surface area contributed by atoms with Gasteiger partial charge >= 0.3 is 0 Å². The molecule has 0 radical (unpaired) electrons. The molecule has 0 spiro atoms. The van der Waals surface area contributed by atoms with Crippen LogP contribution in [-0.2, 0) is 6.42 Å². The Hall–Kier alpha value is -2.80. The van der Waals surface area contributed by atoms with Gasteiger partial charge in [-0.25, -0.2) is 4.98 Å². The van der Waals surface area contributed by atoms with Crippen LogP contribution in [-0.4, -0.2) is 43.3 Å². The van der Waals surface area contributed by atoms with Crippen molar-refractivity contribution in [1.82, 2.24) is 9.97 Å². The minimum Gasteiger partial charge on any atom is -0.495 e. The van der Waals surface area contributed by atoms with E-state index in [-0.39, 0.29) is 5.56 Å². The molecular weight excluding hydrogens is 444 g/mol. The molecule has 0 atom stereocenters. The molecule has 1 saturated heterocycles. The first-order valence-corrected chi connectivity index (χ1v) is 10.8. The summed E-state index contributed by atoms with van der Waals surface area (Å²) in [6, 6.07) is 16.1. The summed E-state index contributed by atoms with van der Waals surface area (Å²) in [4.78, 5) is 25.0. The number of piperazine rings is 1. The number of methoxy groups -OCH3 is 1. The lowest BCUT2D eigenvalue weighted by Crippen LogP contribution is -2.47. The number of anilines is 2. The number of halogens is 1. The average Bonchev–Trinajstić information content (AvgIpc) is 2.77. The molecule has 0 saturated carbocycles. The molecule has 2 aromatic carbocycles. The first-order chi connectivity index (χ1) is 14.5. The number of nitrogens with one attached hydrogen (secondary N) is 1. The van der Waals surface area contributed by atoms with Gasteiger partial charge in [0.1, 0.15) is 5.75 Å². The second kappa shape index (κ2) is 8.92. The normalized spacial score (nSPS) is 14.1. The number of aryl methyl sites for hydroxylation is 1. The highest BCUT2D eigenvalue weighted by atomic mass is 79.9. The largest absolute Gasteiger partial charge is 0.495 e. The Morgan fingerprint density at radius 2 is 1.70 bits per heavy atom. The van der Waals surface area contributed by atoms with Gasteiger partial charge in [-0.15, -0.1) is 0 Å². The van der Waals surface area contributed by atoms with Gasteiger partial charge in [0.05, 0.1) is 18.5 Å². The fourth-order valence-corrected chi connectivity index (χ4v) is 4.07. The first-order valence-electron chi connectivity index (χ1n) is 10.0. The number of benzene rings is 2. The second-order valence-electron chi connectivity index (χ2n) is 7.40. The molecule has 1 N–H and O–H groups in total. The molecule has 3 aromatic rings. The van der Waals surface area contributed by atoms with Crippen LogP contribution < -0.4 is 20.1 Å². The maximum atomic E-state index is 12.8. The smallest absolute Gasteiger partial charge is 0.256 e. The van der Waals surface area contributed by atoms with Gasteiger partial charge in [-0.2, -0.15) is 0 Å². The Kier molecular flexibility index (Phi) is 6.08. The van der Waals surface area contributed by atoms with Gasteiger partial charge in [-0.3, -0.25) is 9.78 Å². The van der Waals surface area contributed by atoms with Crippen LogP contribution in [0.25, 0.3) is 0 Å². The number of H-pyrrole nitrogens is 1. The zero-order chi connectivity index (χ0) is 21.1. The van der Waals surface area contributed by atoms with Crippen molar-refractivity contribution in [2.24, 2.45) is 0 Å². The number of aromatic amines is 1. The Balaban J connectivity index is 1.48. The van der Waals surface area contributed by atoms with Crippen LogP contribution in [0.15, 0.2) is 57.8 Å². The van der Waals surface area contributed by atoms with E-state index in [1.54, 1.807) is 7.11 Å². The third-order valence-electron chi connectivity index (χ3n) is 5.51. The standard InChI is InChI=1S/C23H25BrN4O2/c1-16-19(15-17-7-9-18(24)10-8-17)22(29)26-23(25-16)28-13-11-27(12-14-28)20-5-3-4-6-21(20)30-2/h3-10H,11-15H2,1-2H3,(H,25,26,29). The minimum absolute atomic E-state index is 0.0624. The number of para-hydroxylation sites is 2. The van der Waals surface area contributed by atoms with E-state index in [9.17, 15) is 4.79 Å². The highest BCUT2D eigenvalue weighted by Gasteiger charge is 2.22. The first kappa shape index (κ1) is 20.5. The van der Waals surface area contributed by atoms with Gasteiger partial charge in [-0.05, 0) is 36.8 Å². The zero-order valence-electron chi connectivity index (χ0n) is 17.2. The van der Waals surface area contributed by atoms with Crippen molar-refractivity contribution in [3.63, 3.8) is 0 Å². The lowest BCUT2D eigenvalue weighted by Gasteiger charge is -2.36. The van der Waals surface area contributed by atoms with Crippen LogP contribution in [0.4, 0.5) is 11.6 Å². The Labute approximate surface area is 184 Å². The summed E-state index contributed by atoms with van der Waals surface area (Å²) in [5.74, 6) is 1.53. The number of hydrogen-bond acceptors (Lipinski definition) is 5. The van der Waals surface area contributed by atoms with Crippen LogP contribution in [0.5, 0.6) is 5.75 Å². The maximum absolute atomic E-state index is 12.8. The summed E-state index contributed by atoms with van der Waals surface area (Å²) in [6.07, 6.45) is 0.573. The summed E-state index contributed by atoms with van der Waals surface area (Å²) < 4.78 is 6.52. The van der Waals surface area contributed by atoms with Gasteiger partial charge in [0.2, 0.25) is 5.95 Å². The lowest BCUT2D eigenvalue weighted by molar-refractivity contribution is 0.413. The zero-order valence-corrected chi connectivity index (χ0v) is 18.8. The van der Waals surface area contributed by atoms with Gasteiger partial charge in [0, 0.05) is 42.6 Å². The number of aromatic nitrogens is 2. The molecule has 1 aliphatic rings. The predicted molar refractivity (Wildman–Crippen MR) is 124 cm³/mol. The van der Waals surface area contributed by atoms with Crippen molar-refractivity contribution in [1.29, 1.82) is 0 Å². The molecule has 7 heteroatoms. The molecule has 0 aliphatic carbocycles. The average molecular weight is 469 g/mol. The van der Waals surface area contributed by atoms with E-state index >= 15 is 0 Å². The van der Waals surface area contributed by atoms with Gasteiger partial charge in [0.25, 0.3) is 5.56 Å². The molecule has 0 amide bonds. The number of nitrogens with zero attached hydrogens (tertiary/aromatic N) is 3. The van der Waals surface area contributed by atoms with E-state index < -0.39 is 0 Å². The monoisotopic (exact) mass is 468 g/mol. The number of rotatable bonds is 5. The van der Waals surface area contributed by atoms with E-state index in [0.29, 0.717) is 17.9 Å². The van der Waals surface area contributed by atoms with Crippen molar-refractivity contribution in [3.8, 4) is 5.75 Å². The molecule has 0 bridgehead atoms. The SMILES string of the molecule is COc1ccccc1N1CCN(c2nc(C)c(Cc3ccc(Br)cc3)c(=O)[nH]2)CC1. The van der Waals surface area contributed by atoms with Crippen LogP contribution in [0.2, 0.25) is 0 Å². The fraction of sp³-hybridized carbons (Fsp3) is 0.304. The third-order valence-corrected chi connectivity index (χ3v) is 6.04. The lowest BCUT2D eigenvalue weighted by atomic mass is 10.1. The van der Waals surface area contributed by atoms with Crippen molar-refractivity contribution < 1.29 is 4.74 Å². The molecule has 1 aliphatic heterocycles. The molecule has 30 heavy (non-hydrogen) atoms.